The quantitative estimate of drug-likeness (QED) is 0.0659. The summed E-state index contributed by atoms with van der Waals surface area (Å²) in [5, 5.41) is 111. The van der Waals surface area contributed by atoms with Gasteiger partial charge in [0.25, 0.3) is 0 Å². The Morgan fingerprint density at radius 1 is 0.608 bits per heavy atom. The fraction of sp³-hybridized carbons (Fsp3) is 0.182. The van der Waals surface area contributed by atoms with Gasteiger partial charge in [-0.05, 0) is 48.5 Å². The van der Waals surface area contributed by atoms with Gasteiger partial charge in [-0.3, -0.25) is 4.79 Å². The highest BCUT2D eigenvalue weighted by Crippen LogP contribution is 2.39. The van der Waals surface area contributed by atoms with Crippen molar-refractivity contribution in [3.63, 3.8) is 0 Å². The van der Waals surface area contributed by atoms with E-state index in [1.807, 2.05) is 0 Å². The van der Waals surface area contributed by atoms with Crippen LogP contribution in [0.15, 0.2) is 60.7 Å². The van der Waals surface area contributed by atoms with Gasteiger partial charge in [0, 0.05) is 17.7 Å². The molecule has 268 valence electrons. The lowest BCUT2D eigenvalue weighted by atomic mass is 9.98. The summed E-state index contributed by atoms with van der Waals surface area (Å²) < 4.78 is 21.9. The van der Waals surface area contributed by atoms with Crippen LogP contribution in [0.4, 0.5) is 0 Å². The van der Waals surface area contributed by atoms with Crippen LogP contribution < -0.4 is 4.74 Å². The van der Waals surface area contributed by atoms with Crippen molar-refractivity contribution in [2.24, 2.45) is 0 Å². The Balaban J connectivity index is 1.48. The number of phenols is 9. The Bertz CT molecular complexity index is 1940. The summed E-state index contributed by atoms with van der Waals surface area (Å²) in [6.45, 7) is -0.885. The van der Waals surface area contributed by atoms with E-state index in [9.17, 15) is 70.6 Å². The van der Waals surface area contributed by atoms with Crippen molar-refractivity contribution < 1.29 is 89.5 Å². The van der Waals surface area contributed by atoms with E-state index in [1.165, 1.54) is 24.3 Å². The molecule has 5 rings (SSSR count). The molecule has 1 saturated heterocycles. The molecule has 0 radical (unpaired) electrons. The zero-order valence-electron chi connectivity index (χ0n) is 25.6. The smallest absolute Gasteiger partial charge is 0.339 e. The maximum absolute atomic E-state index is 13.5. The highest BCUT2D eigenvalue weighted by molar-refractivity contribution is 6.12. The monoisotopic (exact) mass is 712 g/mol. The molecule has 0 spiro atoms. The largest absolute Gasteiger partial charge is 0.508 e. The van der Waals surface area contributed by atoms with Crippen LogP contribution in [-0.4, -0.2) is 111 Å². The van der Waals surface area contributed by atoms with Crippen molar-refractivity contribution in [3.05, 3.63) is 82.9 Å². The average molecular weight is 713 g/mol. The minimum Gasteiger partial charge on any atom is -0.508 e. The number of benzene rings is 4. The Kier molecular flexibility index (Phi) is 9.85. The number of aliphatic hydroxyl groups is 2. The second-order valence-electron chi connectivity index (χ2n) is 11.1. The number of carbonyl (C=O) groups excluding carboxylic acids is 3. The van der Waals surface area contributed by atoms with Crippen LogP contribution in [0.3, 0.4) is 0 Å². The number of hydrogen-bond donors (Lipinski definition) is 11. The maximum atomic E-state index is 13.5. The van der Waals surface area contributed by atoms with Gasteiger partial charge in [0.2, 0.25) is 12.1 Å². The third-order valence-electron chi connectivity index (χ3n) is 7.54. The lowest BCUT2D eigenvalue weighted by molar-refractivity contribution is -0.276. The fourth-order valence-corrected chi connectivity index (χ4v) is 4.93. The van der Waals surface area contributed by atoms with Gasteiger partial charge < -0.3 is 75.1 Å². The van der Waals surface area contributed by atoms with Gasteiger partial charge in [0.15, 0.2) is 40.6 Å². The molecule has 0 saturated carbocycles. The maximum Gasteiger partial charge on any atom is 0.339 e. The zero-order chi connectivity index (χ0) is 37.3. The van der Waals surface area contributed by atoms with Gasteiger partial charge in [-0.25, -0.2) is 9.59 Å². The van der Waals surface area contributed by atoms with Gasteiger partial charge >= 0.3 is 11.9 Å². The molecule has 4 aromatic carbocycles. The van der Waals surface area contributed by atoms with E-state index in [0.717, 1.165) is 24.3 Å². The third kappa shape index (κ3) is 7.37. The predicted molar refractivity (Wildman–Crippen MR) is 165 cm³/mol. The lowest BCUT2D eigenvalue weighted by Gasteiger charge is -2.41. The first-order chi connectivity index (χ1) is 24.0. The first kappa shape index (κ1) is 35.7. The molecule has 0 aromatic heterocycles. The number of ether oxygens (including phenoxy) is 4. The van der Waals surface area contributed by atoms with Crippen LogP contribution in [0.1, 0.15) is 36.6 Å². The zero-order valence-corrected chi connectivity index (χ0v) is 25.6. The van der Waals surface area contributed by atoms with Crippen molar-refractivity contribution in [2.75, 3.05) is 6.61 Å². The summed E-state index contributed by atoms with van der Waals surface area (Å²) in [5.41, 5.74) is -1.69. The number of hydrogen-bond acceptors (Lipinski definition) is 18. The average Bonchev–Trinajstić information content (AvgIpc) is 3.07. The number of rotatable bonds is 9. The summed E-state index contributed by atoms with van der Waals surface area (Å²) in [4.78, 5) is 39.2. The van der Waals surface area contributed by atoms with Crippen LogP contribution in [0.5, 0.6) is 57.5 Å². The van der Waals surface area contributed by atoms with Gasteiger partial charge in [-0.15, -0.1) is 0 Å². The fourth-order valence-electron chi connectivity index (χ4n) is 4.93. The Labute approximate surface area is 285 Å². The molecule has 18 heteroatoms. The minimum absolute atomic E-state index is 0.0790. The number of phenolic OH excluding ortho intramolecular Hbond substituents is 9. The van der Waals surface area contributed by atoms with E-state index in [0.29, 0.717) is 12.1 Å². The van der Waals surface area contributed by atoms with Crippen molar-refractivity contribution in [1.29, 1.82) is 0 Å². The minimum atomic E-state index is -2.15. The molecule has 0 amide bonds. The molecule has 11 N–H and O–H groups in total. The van der Waals surface area contributed by atoms with E-state index >= 15 is 0 Å². The van der Waals surface area contributed by atoms with Crippen molar-refractivity contribution in [1.82, 2.24) is 0 Å². The van der Waals surface area contributed by atoms with Gasteiger partial charge in [0.1, 0.15) is 53.5 Å². The van der Waals surface area contributed by atoms with E-state index < -0.39 is 123 Å². The summed E-state index contributed by atoms with van der Waals surface area (Å²) in [7, 11) is 0. The number of carbonyl (C=O) groups is 3. The van der Waals surface area contributed by atoms with E-state index in [4.69, 9.17) is 18.9 Å². The van der Waals surface area contributed by atoms with Crippen LogP contribution in [-0.2, 0) is 14.2 Å². The van der Waals surface area contributed by atoms with Gasteiger partial charge in [0.05, 0.1) is 11.1 Å². The van der Waals surface area contributed by atoms with Crippen LogP contribution in [0.2, 0.25) is 0 Å². The molecular weight excluding hydrogens is 684 g/mol. The summed E-state index contributed by atoms with van der Waals surface area (Å²) in [6.07, 6.45) is -10.0. The predicted octanol–water partition coefficient (Wildman–Crippen LogP) is 1.18. The molecular formula is C33H28O18. The Hall–Kier alpha value is -6.63. The van der Waals surface area contributed by atoms with Gasteiger partial charge in [-0.2, -0.15) is 0 Å². The molecule has 18 nitrogen and oxygen atoms in total. The van der Waals surface area contributed by atoms with E-state index in [-0.39, 0.29) is 11.3 Å². The highest BCUT2D eigenvalue weighted by atomic mass is 16.7. The number of esters is 2. The van der Waals surface area contributed by atoms with Crippen LogP contribution in [0, 0.1) is 0 Å². The topological polar surface area (TPSA) is 311 Å². The molecule has 1 aliphatic heterocycles. The van der Waals surface area contributed by atoms with Crippen molar-refractivity contribution >= 4 is 17.7 Å². The van der Waals surface area contributed by atoms with Crippen molar-refractivity contribution in [3.8, 4) is 57.5 Å². The number of aromatic hydroxyl groups is 9. The van der Waals surface area contributed by atoms with E-state index in [1.54, 1.807) is 0 Å². The molecule has 5 atom stereocenters. The second-order valence-corrected chi connectivity index (χ2v) is 11.1. The highest BCUT2D eigenvalue weighted by Gasteiger charge is 2.49. The number of aliphatic hydroxyl groups excluding tert-OH is 2. The molecule has 1 fully saturated rings. The van der Waals surface area contributed by atoms with Crippen LogP contribution in [0.25, 0.3) is 0 Å². The lowest BCUT2D eigenvalue weighted by Crippen LogP contribution is -2.61. The number of ketones is 1. The summed E-state index contributed by atoms with van der Waals surface area (Å²) in [6, 6.07) is 9.31. The Morgan fingerprint density at radius 3 is 1.69 bits per heavy atom. The molecule has 4 aromatic rings. The first-order valence-electron chi connectivity index (χ1n) is 14.5. The third-order valence-corrected chi connectivity index (χ3v) is 7.54. The summed E-state index contributed by atoms with van der Waals surface area (Å²) in [5.74, 6) is -11.3. The standard InChI is InChI=1S/C33H28O18/c34-15-3-1-12(2-4-15)25(41)24-17(36)9-16(35)10-22(24)49-33-30(51-32(47)14-7-20(39)27(43)21(40)8-14)29(45)28(44)23(50-33)11-48-31(46)13-5-18(37)26(42)19(38)6-13/h1-10,23,28-30,33-40,42-45H,11H2. The SMILES string of the molecule is O=C(OCC1OC(Oc2cc(O)cc(O)c2C(=O)c2ccc(O)cc2)C(OC(=O)c2cc(O)c(O)c(O)c2)C(O)C1O)c1cc(O)c(O)c(O)c1. The molecule has 51 heavy (non-hydrogen) atoms. The molecule has 0 bridgehead atoms. The normalized spacial score (nSPS) is 19.9. The second kappa shape index (κ2) is 14.1. The molecule has 0 aliphatic carbocycles. The van der Waals surface area contributed by atoms with Crippen molar-refractivity contribution in [2.45, 2.75) is 30.7 Å². The van der Waals surface area contributed by atoms with E-state index in [2.05, 4.69) is 0 Å². The summed E-state index contributed by atoms with van der Waals surface area (Å²) >= 11 is 0. The molecule has 1 heterocycles. The Morgan fingerprint density at radius 2 is 1.14 bits per heavy atom. The van der Waals surface area contributed by atoms with Crippen LogP contribution >= 0.6 is 0 Å². The first-order valence-corrected chi connectivity index (χ1v) is 14.5. The molecule has 5 unspecified atom stereocenters. The van der Waals surface area contributed by atoms with Gasteiger partial charge in [-0.1, -0.05) is 0 Å². The molecule has 1 aliphatic rings.